The van der Waals surface area contributed by atoms with Gasteiger partial charge in [0.25, 0.3) is 0 Å². The molecule has 0 amide bonds. The average Bonchev–Trinajstić information content (AvgIpc) is 2.75. The molecule has 0 spiro atoms. The summed E-state index contributed by atoms with van der Waals surface area (Å²) in [5, 5.41) is 0. The molecule has 5 nitrogen and oxygen atoms in total. The van der Waals surface area contributed by atoms with Gasteiger partial charge in [-0.1, -0.05) is 102 Å². The van der Waals surface area contributed by atoms with E-state index >= 15 is 0 Å². The summed E-state index contributed by atoms with van der Waals surface area (Å²) in [5.74, 6) is -0.618. The van der Waals surface area contributed by atoms with Crippen LogP contribution in [0.3, 0.4) is 0 Å². The summed E-state index contributed by atoms with van der Waals surface area (Å²) in [4.78, 5) is 26.5. The van der Waals surface area contributed by atoms with Crippen LogP contribution >= 0.6 is 11.6 Å². The van der Waals surface area contributed by atoms with E-state index in [0.717, 1.165) is 32.2 Å². The van der Waals surface area contributed by atoms with Crippen molar-refractivity contribution in [2.75, 3.05) is 27.2 Å². The monoisotopic (exact) mass is 475 g/mol. The molecule has 0 saturated heterocycles. The number of alkyl halides is 1. The topological polar surface area (TPSA) is 55.8 Å². The molecule has 0 heterocycles. The SMILES string of the molecule is CCCCCCCCC(CCCCCCCC)C(=O)OCC(Cl)OC(=O)CCCN(C)C. The second-order valence-electron chi connectivity index (χ2n) is 9.25. The maximum absolute atomic E-state index is 12.7. The highest BCUT2D eigenvalue weighted by Crippen LogP contribution is 2.21. The van der Waals surface area contributed by atoms with Gasteiger partial charge in [-0.05, 0) is 39.9 Å². The van der Waals surface area contributed by atoms with E-state index in [4.69, 9.17) is 21.1 Å². The quantitative estimate of drug-likeness (QED) is 0.0949. The van der Waals surface area contributed by atoms with Crippen molar-refractivity contribution in [1.29, 1.82) is 0 Å². The molecule has 0 aliphatic rings. The van der Waals surface area contributed by atoms with Crippen molar-refractivity contribution in [3.05, 3.63) is 0 Å². The number of hydrogen-bond donors (Lipinski definition) is 0. The lowest BCUT2D eigenvalue weighted by molar-refractivity contribution is -0.157. The highest BCUT2D eigenvalue weighted by atomic mass is 35.5. The molecule has 0 bridgehead atoms. The Morgan fingerprint density at radius 3 is 1.78 bits per heavy atom. The Balaban J connectivity index is 4.31. The molecule has 190 valence electrons. The summed E-state index contributed by atoms with van der Waals surface area (Å²) in [6, 6.07) is 0. The number of carbonyl (C=O) groups excluding carboxylic acids is 2. The van der Waals surface area contributed by atoms with Gasteiger partial charge in [-0.25, -0.2) is 0 Å². The van der Waals surface area contributed by atoms with Crippen molar-refractivity contribution in [1.82, 2.24) is 4.90 Å². The van der Waals surface area contributed by atoms with Crippen LogP contribution in [0.25, 0.3) is 0 Å². The van der Waals surface area contributed by atoms with E-state index in [0.29, 0.717) is 12.8 Å². The molecule has 0 aliphatic carbocycles. The minimum Gasteiger partial charge on any atom is -0.460 e. The van der Waals surface area contributed by atoms with Crippen LogP contribution < -0.4 is 0 Å². The molecule has 0 rings (SSSR count). The van der Waals surface area contributed by atoms with Gasteiger partial charge in [0.05, 0.1) is 5.92 Å². The van der Waals surface area contributed by atoms with E-state index in [1.165, 1.54) is 64.2 Å². The third-order valence-electron chi connectivity index (χ3n) is 5.75. The fraction of sp³-hybridized carbons (Fsp3) is 0.923. The summed E-state index contributed by atoms with van der Waals surface area (Å²) in [6.07, 6.45) is 17.3. The number of ether oxygens (including phenoxy) is 2. The lowest BCUT2D eigenvalue weighted by Gasteiger charge is -2.18. The zero-order valence-electron chi connectivity index (χ0n) is 21.3. The van der Waals surface area contributed by atoms with Crippen LogP contribution in [0.1, 0.15) is 117 Å². The molecule has 0 aliphatic heterocycles. The molecule has 0 saturated carbocycles. The molecule has 0 N–H and O–H groups in total. The van der Waals surface area contributed by atoms with Crippen LogP contribution in [0.2, 0.25) is 0 Å². The molecule has 0 aromatic rings. The van der Waals surface area contributed by atoms with E-state index in [1.54, 1.807) is 0 Å². The zero-order valence-corrected chi connectivity index (χ0v) is 22.1. The number of carbonyl (C=O) groups is 2. The van der Waals surface area contributed by atoms with E-state index in [2.05, 4.69) is 13.8 Å². The molecular weight excluding hydrogens is 426 g/mol. The number of rotatable bonds is 22. The van der Waals surface area contributed by atoms with Gasteiger partial charge >= 0.3 is 11.9 Å². The Morgan fingerprint density at radius 2 is 1.28 bits per heavy atom. The smallest absolute Gasteiger partial charge is 0.309 e. The lowest BCUT2D eigenvalue weighted by Crippen LogP contribution is -2.25. The average molecular weight is 476 g/mol. The predicted octanol–water partition coefficient (Wildman–Crippen LogP) is 7.10. The normalized spacial score (nSPS) is 12.3. The molecule has 1 atom stereocenters. The van der Waals surface area contributed by atoms with Gasteiger partial charge in [0.2, 0.25) is 5.56 Å². The Labute approximate surface area is 202 Å². The van der Waals surface area contributed by atoms with Crippen molar-refractivity contribution in [2.45, 2.75) is 122 Å². The molecule has 1 unspecified atom stereocenters. The van der Waals surface area contributed by atoms with Gasteiger partial charge in [0.15, 0.2) is 0 Å². The van der Waals surface area contributed by atoms with Gasteiger partial charge in [-0.2, -0.15) is 0 Å². The Kier molecular flexibility index (Phi) is 21.4. The first-order valence-corrected chi connectivity index (χ1v) is 13.5. The minimum atomic E-state index is -0.922. The second kappa shape index (κ2) is 22.0. The number of hydrogen-bond acceptors (Lipinski definition) is 5. The minimum absolute atomic E-state index is 0.0768. The molecule has 32 heavy (non-hydrogen) atoms. The summed E-state index contributed by atoms with van der Waals surface area (Å²) in [5.41, 5.74) is -0.922. The number of halogens is 1. The first-order valence-electron chi connectivity index (χ1n) is 13.1. The van der Waals surface area contributed by atoms with Gasteiger partial charge in [-0.15, -0.1) is 0 Å². The van der Waals surface area contributed by atoms with E-state index < -0.39 is 5.56 Å². The zero-order chi connectivity index (χ0) is 24.0. The van der Waals surface area contributed by atoms with Crippen molar-refractivity contribution >= 4 is 23.5 Å². The molecular formula is C26H50ClNO4. The van der Waals surface area contributed by atoms with E-state index in [9.17, 15) is 9.59 Å². The molecule has 0 aromatic carbocycles. The van der Waals surface area contributed by atoms with Crippen molar-refractivity contribution < 1.29 is 19.1 Å². The Bertz CT molecular complexity index is 443. The van der Waals surface area contributed by atoms with Crippen LogP contribution in [0.5, 0.6) is 0 Å². The fourth-order valence-electron chi connectivity index (χ4n) is 3.76. The van der Waals surface area contributed by atoms with Crippen LogP contribution in [-0.2, 0) is 19.1 Å². The fourth-order valence-corrected chi connectivity index (χ4v) is 3.93. The third-order valence-corrected chi connectivity index (χ3v) is 5.96. The van der Waals surface area contributed by atoms with Crippen molar-refractivity contribution in [2.24, 2.45) is 5.92 Å². The molecule has 0 aromatic heterocycles. The molecule has 6 heteroatoms. The van der Waals surface area contributed by atoms with Crippen LogP contribution in [-0.4, -0.2) is 49.6 Å². The maximum Gasteiger partial charge on any atom is 0.309 e. The summed E-state index contributed by atoms with van der Waals surface area (Å²) >= 11 is 6.09. The third kappa shape index (κ3) is 19.8. The van der Waals surface area contributed by atoms with Crippen LogP contribution in [0.4, 0.5) is 0 Å². The van der Waals surface area contributed by atoms with Gasteiger partial charge < -0.3 is 14.4 Å². The van der Waals surface area contributed by atoms with Crippen LogP contribution in [0, 0.1) is 5.92 Å². The second-order valence-corrected chi connectivity index (χ2v) is 9.73. The number of esters is 2. The predicted molar refractivity (Wildman–Crippen MR) is 134 cm³/mol. The first-order chi connectivity index (χ1) is 15.4. The lowest BCUT2D eigenvalue weighted by atomic mass is 9.94. The summed E-state index contributed by atoms with van der Waals surface area (Å²) in [7, 11) is 3.92. The molecule has 0 radical (unpaired) electrons. The number of nitrogens with zero attached hydrogens (tertiary/aromatic N) is 1. The van der Waals surface area contributed by atoms with Gasteiger partial charge in [0.1, 0.15) is 6.61 Å². The van der Waals surface area contributed by atoms with Gasteiger partial charge in [0, 0.05) is 6.42 Å². The summed E-state index contributed by atoms with van der Waals surface area (Å²) in [6.45, 7) is 5.18. The maximum atomic E-state index is 12.7. The Hall–Kier alpha value is -0.810. The highest BCUT2D eigenvalue weighted by Gasteiger charge is 2.21. The van der Waals surface area contributed by atoms with Crippen molar-refractivity contribution in [3.8, 4) is 0 Å². The first kappa shape index (κ1) is 31.2. The van der Waals surface area contributed by atoms with Crippen LogP contribution in [0.15, 0.2) is 0 Å². The van der Waals surface area contributed by atoms with Gasteiger partial charge in [-0.3, -0.25) is 9.59 Å². The van der Waals surface area contributed by atoms with Crippen molar-refractivity contribution in [3.63, 3.8) is 0 Å². The largest absolute Gasteiger partial charge is 0.460 e. The van der Waals surface area contributed by atoms with E-state index in [-0.39, 0.29) is 24.5 Å². The Morgan fingerprint density at radius 1 is 0.781 bits per heavy atom. The molecule has 0 fully saturated rings. The highest BCUT2D eigenvalue weighted by molar-refractivity contribution is 6.20. The summed E-state index contributed by atoms with van der Waals surface area (Å²) < 4.78 is 10.6. The van der Waals surface area contributed by atoms with E-state index in [1.807, 2.05) is 19.0 Å². The standard InChI is InChI=1S/C26H50ClNO4/c1-5-7-9-11-13-15-18-23(19-16-14-12-10-8-6-2)26(30)31-22-24(27)32-25(29)20-17-21-28(3)4/h23-24H,5-22H2,1-4H3. The number of unbranched alkanes of at least 4 members (excludes halogenated alkanes) is 10.